The molecule has 0 bridgehead atoms. The lowest BCUT2D eigenvalue weighted by Crippen LogP contribution is -2.46. The van der Waals surface area contributed by atoms with E-state index in [1.165, 1.54) is 23.1 Å². The van der Waals surface area contributed by atoms with Crippen LogP contribution in [0.25, 0.3) is 0 Å². The minimum Gasteiger partial charge on any atom is -0.485 e. The standard InChI is InChI=1S/C19H22N4O4/c1-3-22-12-14(27-18-7-5-4-6-16(18)22)11-21(2)19(24)13-8-9-15(20)17(10-13)23(25)26/h4-10,14H,3,11-12,20H2,1-2H3/t14-/m0/s1. The van der Waals surface area contributed by atoms with Gasteiger partial charge in [-0.3, -0.25) is 14.9 Å². The van der Waals surface area contributed by atoms with Crippen LogP contribution in [0.15, 0.2) is 42.5 Å². The number of rotatable bonds is 5. The number of nitro groups is 1. The molecule has 1 aliphatic rings. The van der Waals surface area contributed by atoms with Gasteiger partial charge in [-0.15, -0.1) is 0 Å². The van der Waals surface area contributed by atoms with E-state index in [0.29, 0.717) is 13.1 Å². The van der Waals surface area contributed by atoms with Crippen LogP contribution < -0.4 is 15.4 Å². The fourth-order valence-corrected chi connectivity index (χ4v) is 3.22. The maximum absolute atomic E-state index is 12.7. The summed E-state index contributed by atoms with van der Waals surface area (Å²) in [6.07, 6.45) is -0.197. The zero-order valence-corrected chi connectivity index (χ0v) is 15.3. The highest BCUT2D eigenvalue weighted by atomic mass is 16.6. The van der Waals surface area contributed by atoms with Gasteiger partial charge in [0.15, 0.2) is 0 Å². The highest BCUT2D eigenvalue weighted by Gasteiger charge is 2.27. The predicted molar refractivity (Wildman–Crippen MR) is 103 cm³/mol. The van der Waals surface area contributed by atoms with Crippen molar-refractivity contribution in [3.8, 4) is 5.75 Å². The Bertz CT molecular complexity index is 871. The molecule has 0 unspecified atom stereocenters. The van der Waals surface area contributed by atoms with Gasteiger partial charge < -0.3 is 20.3 Å². The summed E-state index contributed by atoms with van der Waals surface area (Å²) in [5.41, 5.74) is 6.63. The lowest BCUT2D eigenvalue weighted by molar-refractivity contribution is -0.383. The molecule has 1 amide bonds. The van der Waals surface area contributed by atoms with Crippen molar-refractivity contribution in [2.45, 2.75) is 13.0 Å². The van der Waals surface area contributed by atoms with Crippen molar-refractivity contribution >= 4 is 23.0 Å². The average Bonchev–Trinajstić information content (AvgIpc) is 2.66. The van der Waals surface area contributed by atoms with Crippen molar-refractivity contribution in [1.82, 2.24) is 4.90 Å². The van der Waals surface area contributed by atoms with Gasteiger partial charge in [-0.2, -0.15) is 0 Å². The molecule has 0 radical (unpaired) electrons. The molecule has 2 N–H and O–H groups in total. The fraction of sp³-hybridized carbons (Fsp3) is 0.316. The third kappa shape index (κ3) is 3.79. The molecule has 8 heteroatoms. The van der Waals surface area contributed by atoms with Crippen LogP contribution >= 0.6 is 0 Å². The number of carbonyl (C=O) groups is 1. The van der Waals surface area contributed by atoms with Gasteiger partial charge in [0.1, 0.15) is 17.5 Å². The summed E-state index contributed by atoms with van der Waals surface area (Å²) < 4.78 is 6.04. The van der Waals surface area contributed by atoms with E-state index in [4.69, 9.17) is 10.5 Å². The van der Waals surface area contributed by atoms with Gasteiger partial charge in [-0.25, -0.2) is 0 Å². The molecule has 0 fully saturated rings. The molecular weight excluding hydrogens is 348 g/mol. The van der Waals surface area contributed by atoms with Gasteiger partial charge in [0, 0.05) is 25.2 Å². The Labute approximate surface area is 157 Å². The van der Waals surface area contributed by atoms with Crippen LogP contribution in [0.1, 0.15) is 17.3 Å². The van der Waals surface area contributed by atoms with E-state index in [1.807, 2.05) is 24.3 Å². The first-order chi connectivity index (χ1) is 12.9. The maximum Gasteiger partial charge on any atom is 0.292 e. The largest absolute Gasteiger partial charge is 0.485 e. The monoisotopic (exact) mass is 370 g/mol. The molecule has 8 nitrogen and oxygen atoms in total. The van der Waals surface area contributed by atoms with Gasteiger partial charge >= 0.3 is 0 Å². The number of nitro benzene ring substituents is 1. The maximum atomic E-state index is 12.7. The second kappa shape index (κ2) is 7.53. The highest BCUT2D eigenvalue weighted by molar-refractivity contribution is 5.95. The summed E-state index contributed by atoms with van der Waals surface area (Å²) in [6, 6.07) is 11.9. The summed E-state index contributed by atoms with van der Waals surface area (Å²) in [5, 5.41) is 11.0. The molecule has 0 saturated heterocycles. The molecule has 1 heterocycles. The Morgan fingerprint density at radius 3 is 2.81 bits per heavy atom. The van der Waals surface area contributed by atoms with E-state index in [-0.39, 0.29) is 28.9 Å². The van der Waals surface area contributed by atoms with Crippen molar-refractivity contribution < 1.29 is 14.5 Å². The molecule has 0 aromatic heterocycles. The van der Waals surface area contributed by atoms with Crippen LogP contribution in [0.5, 0.6) is 5.75 Å². The van der Waals surface area contributed by atoms with Crippen molar-refractivity contribution in [1.29, 1.82) is 0 Å². The molecule has 0 aliphatic carbocycles. The lowest BCUT2D eigenvalue weighted by atomic mass is 10.1. The molecule has 0 spiro atoms. The molecule has 1 aliphatic heterocycles. The zero-order valence-electron chi connectivity index (χ0n) is 15.3. The van der Waals surface area contributed by atoms with Gasteiger partial charge in [0.05, 0.1) is 23.7 Å². The molecular formula is C19H22N4O4. The molecule has 2 aromatic rings. The summed E-state index contributed by atoms with van der Waals surface area (Å²) in [5.74, 6) is 0.475. The summed E-state index contributed by atoms with van der Waals surface area (Å²) in [7, 11) is 1.66. The number of para-hydroxylation sites is 2. The minimum absolute atomic E-state index is 0.0324. The first-order valence-corrected chi connectivity index (χ1v) is 8.70. The van der Waals surface area contributed by atoms with E-state index in [1.54, 1.807) is 7.05 Å². The van der Waals surface area contributed by atoms with Gasteiger partial charge in [0.2, 0.25) is 0 Å². The first-order valence-electron chi connectivity index (χ1n) is 8.70. The summed E-state index contributed by atoms with van der Waals surface area (Å²) in [6.45, 7) is 3.93. The second-order valence-electron chi connectivity index (χ2n) is 6.46. The number of likely N-dealkylation sites (N-methyl/N-ethyl adjacent to an activating group) is 2. The van der Waals surface area contributed by atoms with Gasteiger partial charge in [-0.05, 0) is 31.2 Å². The van der Waals surface area contributed by atoms with Crippen LogP contribution in [-0.2, 0) is 0 Å². The van der Waals surface area contributed by atoms with Crippen molar-refractivity contribution in [3.05, 3.63) is 58.1 Å². The number of anilines is 2. The third-order valence-corrected chi connectivity index (χ3v) is 4.60. The number of nitrogen functional groups attached to an aromatic ring is 1. The predicted octanol–water partition coefficient (Wildman–Crippen LogP) is 2.54. The Kier molecular flexibility index (Phi) is 5.16. The summed E-state index contributed by atoms with van der Waals surface area (Å²) in [4.78, 5) is 26.9. The number of hydrogen-bond donors (Lipinski definition) is 1. The number of nitrogens with zero attached hydrogens (tertiary/aromatic N) is 3. The van der Waals surface area contributed by atoms with E-state index in [9.17, 15) is 14.9 Å². The number of fused-ring (bicyclic) bond motifs is 1. The van der Waals surface area contributed by atoms with E-state index < -0.39 is 4.92 Å². The molecule has 1 atom stereocenters. The second-order valence-corrected chi connectivity index (χ2v) is 6.46. The minimum atomic E-state index is -0.591. The molecule has 2 aromatic carbocycles. The van der Waals surface area contributed by atoms with E-state index >= 15 is 0 Å². The van der Waals surface area contributed by atoms with E-state index in [2.05, 4.69) is 11.8 Å². The Morgan fingerprint density at radius 2 is 2.11 bits per heavy atom. The van der Waals surface area contributed by atoms with E-state index in [0.717, 1.165) is 18.0 Å². The van der Waals surface area contributed by atoms with Gasteiger partial charge in [-0.1, -0.05) is 12.1 Å². The van der Waals surface area contributed by atoms with Crippen molar-refractivity contribution in [2.75, 3.05) is 37.3 Å². The third-order valence-electron chi connectivity index (χ3n) is 4.60. The number of hydrogen-bond acceptors (Lipinski definition) is 6. The zero-order chi connectivity index (χ0) is 19.6. The molecule has 3 rings (SSSR count). The normalized spacial score (nSPS) is 15.6. The number of nitrogens with two attached hydrogens (primary N) is 1. The smallest absolute Gasteiger partial charge is 0.292 e. The quantitative estimate of drug-likeness (QED) is 0.493. The number of benzene rings is 2. The number of ether oxygens (including phenoxy) is 1. The van der Waals surface area contributed by atoms with Crippen molar-refractivity contribution in [2.24, 2.45) is 0 Å². The van der Waals surface area contributed by atoms with Crippen LogP contribution in [0.3, 0.4) is 0 Å². The van der Waals surface area contributed by atoms with Crippen molar-refractivity contribution in [3.63, 3.8) is 0 Å². The SMILES string of the molecule is CCN1C[C@H](CN(C)C(=O)c2ccc(N)c([N+](=O)[O-])c2)Oc2ccccc21. The van der Waals surface area contributed by atoms with Crippen LogP contribution in [0.4, 0.5) is 17.1 Å². The lowest BCUT2D eigenvalue weighted by Gasteiger charge is -2.37. The highest BCUT2D eigenvalue weighted by Crippen LogP contribution is 2.33. The fourth-order valence-electron chi connectivity index (χ4n) is 3.22. The van der Waals surface area contributed by atoms with Crippen LogP contribution in [0.2, 0.25) is 0 Å². The summed E-state index contributed by atoms with van der Waals surface area (Å²) >= 11 is 0. The Balaban J connectivity index is 1.74. The average molecular weight is 370 g/mol. The van der Waals surface area contributed by atoms with Gasteiger partial charge in [0.25, 0.3) is 11.6 Å². The number of amides is 1. The number of carbonyl (C=O) groups excluding carboxylic acids is 1. The molecule has 0 saturated carbocycles. The Hall–Kier alpha value is -3.29. The molecule has 27 heavy (non-hydrogen) atoms. The molecule has 142 valence electrons. The van der Waals surface area contributed by atoms with Crippen LogP contribution in [0, 0.1) is 10.1 Å². The topological polar surface area (TPSA) is 102 Å². The Morgan fingerprint density at radius 1 is 1.37 bits per heavy atom. The van der Waals surface area contributed by atoms with Crippen LogP contribution in [-0.4, -0.2) is 48.5 Å². The first kappa shape index (κ1) is 18.5.